The lowest BCUT2D eigenvalue weighted by Crippen LogP contribution is -2.14. The van der Waals surface area contributed by atoms with E-state index in [-0.39, 0.29) is 11.3 Å². The lowest BCUT2D eigenvalue weighted by molar-refractivity contribution is -0.113. The molecule has 1 amide bonds. The number of carbonyl (C=O) groups excluding carboxylic acids is 1. The average molecular weight is 346 g/mol. The third-order valence-electron chi connectivity index (χ3n) is 4.19. The molecule has 1 heterocycles. The highest BCUT2D eigenvalue weighted by molar-refractivity contribution is 8.00. The van der Waals surface area contributed by atoms with Crippen molar-refractivity contribution >= 4 is 23.6 Å². The molecule has 1 aromatic carbocycles. The summed E-state index contributed by atoms with van der Waals surface area (Å²) in [6.45, 7) is 14.6. The smallest absolute Gasteiger partial charge is 0.237 e. The van der Waals surface area contributed by atoms with E-state index in [2.05, 4.69) is 65.0 Å². The summed E-state index contributed by atoms with van der Waals surface area (Å²) < 4.78 is 5.21. The number of anilines is 1. The van der Waals surface area contributed by atoms with Gasteiger partial charge >= 0.3 is 0 Å². The molecule has 0 spiro atoms. The Kier molecular flexibility index (Phi) is 5.43. The van der Waals surface area contributed by atoms with E-state index in [1.807, 2.05) is 0 Å². The van der Waals surface area contributed by atoms with Crippen LogP contribution in [0.15, 0.2) is 21.6 Å². The highest BCUT2D eigenvalue weighted by Crippen LogP contribution is 2.31. The van der Waals surface area contributed by atoms with E-state index in [0.29, 0.717) is 11.6 Å². The highest BCUT2D eigenvalue weighted by Gasteiger charge is 2.20. The van der Waals surface area contributed by atoms with Crippen molar-refractivity contribution in [2.45, 2.75) is 58.8 Å². The molecule has 0 fully saturated rings. The van der Waals surface area contributed by atoms with Crippen LogP contribution in [0.3, 0.4) is 0 Å². The molecule has 0 unspecified atom stereocenters. The summed E-state index contributed by atoms with van der Waals surface area (Å²) in [5.41, 5.74) is 5.72. The Morgan fingerprint density at radius 1 is 1.12 bits per heavy atom. The molecule has 0 aliphatic heterocycles. The van der Waals surface area contributed by atoms with E-state index in [0.717, 1.165) is 5.69 Å². The van der Waals surface area contributed by atoms with Gasteiger partial charge in [0.2, 0.25) is 11.8 Å². The van der Waals surface area contributed by atoms with E-state index in [1.165, 1.54) is 27.1 Å². The zero-order chi connectivity index (χ0) is 18.1. The number of thioether (sulfide) groups is 1. The van der Waals surface area contributed by atoms with Gasteiger partial charge in [0.05, 0.1) is 11.4 Å². The number of nitrogens with zero attached hydrogens (tertiary/aromatic N) is 1. The first-order valence-electron chi connectivity index (χ1n) is 8.07. The van der Waals surface area contributed by atoms with E-state index < -0.39 is 0 Å². The van der Waals surface area contributed by atoms with Crippen molar-refractivity contribution in [1.29, 1.82) is 0 Å². The van der Waals surface area contributed by atoms with Crippen LogP contribution in [0, 0.1) is 27.7 Å². The second-order valence-electron chi connectivity index (χ2n) is 7.25. The van der Waals surface area contributed by atoms with Gasteiger partial charge in [-0.3, -0.25) is 10.1 Å². The van der Waals surface area contributed by atoms with Gasteiger partial charge in [0.1, 0.15) is 0 Å². The molecule has 0 saturated carbocycles. The van der Waals surface area contributed by atoms with Crippen LogP contribution >= 0.6 is 11.8 Å². The number of nitrogens with one attached hydrogen (secondary N) is 1. The Morgan fingerprint density at radius 3 is 2.21 bits per heavy atom. The second-order valence-corrected chi connectivity index (χ2v) is 8.24. The quantitative estimate of drug-likeness (QED) is 0.797. The minimum atomic E-state index is -0.103. The van der Waals surface area contributed by atoms with Crippen molar-refractivity contribution in [3.05, 3.63) is 40.1 Å². The Labute approximate surface area is 148 Å². The Balaban J connectivity index is 2.03. The molecular weight excluding hydrogens is 320 g/mol. The van der Waals surface area contributed by atoms with Gasteiger partial charge in [-0.25, -0.2) is 0 Å². The maximum Gasteiger partial charge on any atom is 0.237 e. The molecule has 0 aliphatic rings. The number of rotatable bonds is 4. The topological polar surface area (TPSA) is 55.1 Å². The molecule has 130 valence electrons. The summed E-state index contributed by atoms with van der Waals surface area (Å²) in [6.07, 6.45) is 0. The number of aromatic nitrogens is 1. The van der Waals surface area contributed by atoms with Crippen LogP contribution < -0.4 is 5.32 Å². The first-order chi connectivity index (χ1) is 11.1. The van der Waals surface area contributed by atoms with Crippen LogP contribution in [0.25, 0.3) is 0 Å². The predicted octanol–water partition coefficient (Wildman–Crippen LogP) is 4.94. The highest BCUT2D eigenvalue weighted by atomic mass is 32.2. The predicted molar refractivity (Wildman–Crippen MR) is 99.9 cm³/mol. The van der Waals surface area contributed by atoms with E-state index in [1.54, 1.807) is 17.8 Å². The van der Waals surface area contributed by atoms with Crippen LogP contribution in [0.2, 0.25) is 0 Å². The fourth-order valence-electron chi connectivity index (χ4n) is 2.40. The Morgan fingerprint density at radius 2 is 1.71 bits per heavy atom. The zero-order valence-corrected chi connectivity index (χ0v) is 16.4. The van der Waals surface area contributed by atoms with E-state index in [4.69, 9.17) is 4.52 Å². The fourth-order valence-corrected chi connectivity index (χ4v) is 3.50. The van der Waals surface area contributed by atoms with E-state index >= 15 is 0 Å². The summed E-state index contributed by atoms with van der Waals surface area (Å²) in [7, 11) is 0. The van der Waals surface area contributed by atoms with Crippen LogP contribution in [0.1, 0.15) is 48.7 Å². The van der Waals surface area contributed by atoms with Gasteiger partial charge in [0.15, 0.2) is 0 Å². The molecule has 24 heavy (non-hydrogen) atoms. The number of hydrogen-bond donors (Lipinski definition) is 1. The normalized spacial score (nSPS) is 11.6. The van der Waals surface area contributed by atoms with Crippen molar-refractivity contribution in [1.82, 2.24) is 5.16 Å². The van der Waals surface area contributed by atoms with Crippen LogP contribution in [-0.4, -0.2) is 16.8 Å². The molecule has 0 saturated heterocycles. The zero-order valence-electron chi connectivity index (χ0n) is 15.5. The van der Waals surface area contributed by atoms with Gasteiger partial charge < -0.3 is 4.52 Å². The minimum absolute atomic E-state index is 0.0884. The number of carbonyl (C=O) groups is 1. The Hall–Kier alpha value is -1.75. The monoisotopic (exact) mass is 346 g/mol. The maximum absolute atomic E-state index is 12.2. The van der Waals surface area contributed by atoms with Crippen molar-refractivity contribution in [2.75, 3.05) is 11.1 Å². The van der Waals surface area contributed by atoms with Gasteiger partial charge in [-0.1, -0.05) is 32.0 Å². The summed E-state index contributed by atoms with van der Waals surface area (Å²) in [4.78, 5) is 13.4. The lowest BCUT2D eigenvalue weighted by atomic mass is 9.92. The van der Waals surface area contributed by atoms with Crippen molar-refractivity contribution in [3.8, 4) is 0 Å². The molecule has 2 rings (SSSR count). The molecule has 4 nitrogen and oxygen atoms in total. The molecule has 1 N–H and O–H groups in total. The summed E-state index contributed by atoms with van der Waals surface area (Å²) >= 11 is 1.57. The first-order valence-corrected chi connectivity index (χ1v) is 9.05. The number of aryl methyl sites for hydroxylation is 2. The molecule has 0 aliphatic carbocycles. The largest absolute Gasteiger partial charge is 0.338 e. The first kappa shape index (κ1) is 18.6. The van der Waals surface area contributed by atoms with Crippen LogP contribution in [-0.2, 0) is 10.2 Å². The van der Waals surface area contributed by atoms with Crippen molar-refractivity contribution < 1.29 is 9.32 Å². The number of benzene rings is 1. The number of hydrogen-bond acceptors (Lipinski definition) is 4. The third kappa shape index (κ3) is 4.20. The van der Waals surface area contributed by atoms with Crippen molar-refractivity contribution in [3.63, 3.8) is 0 Å². The molecule has 1 aromatic heterocycles. The van der Waals surface area contributed by atoms with E-state index in [9.17, 15) is 4.79 Å². The average Bonchev–Trinajstić information content (AvgIpc) is 2.94. The SMILES string of the molecule is Cc1cc(C)c(C)c(SCC(=O)Nc2cc(C(C)(C)C)no2)c1C. The summed E-state index contributed by atoms with van der Waals surface area (Å²) in [6, 6.07) is 3.98. The van der Waals surface area contributed by atoms with Crippen molar-refractivity contribution in [2.24, 2.45) is 0 Å². The molecular formula is C19H26N2O2S. The maximum atomic E-state index is 12.2. The lowest BCUT2D eigenvalue weighted by Gasteiger charge is -2.14. The molecule has 5 heteroatoms. The molecule has 0 bridgehead atoms. The van der Waals surface area contributed by atoms with Gasteiger partial charge in [-0.15, -0.1) is 11.8 Å². The molecule has 2 aromatic rings. The minimum Gasteiger partial charge on any atom is -0.338 e. The fraction of sp³-hybridized carbons (Fsp3) is 0.474. The number of amides is 1. The Bertz CT molecular complexity index is 731. The summed E-state index contributed by atoms with van der Waals surface area (Å²) in [5.74, 6) is 0.657. The summed E-state index contributed by atoms with van der Waals surface area (Å²) in [5, 5.41) is 6.80. The van der Waals surface area contributed by atoms with Gasteiger partial charge in [0, 0.05) is 16.4 Å². The van der Waals surface area contributed by atoms with Gasteiger partial charge in [0.25, 0.3) is 0 Å². The second kappa shape index (κ2) is 7.01. The van der Waals surface area contributed by atoms with Crippen LogP contribution in [0.4, 0.5) is 5.88 Å². The van der Waals surface area contributed by atoms with Crippen LogP contribution in [0.5, 0.6) is 0 Å². The molecule has 0 radical (unpaired) electrons. The van der Waals surface area contributed by atoms with Gasteiger partial charge in [-0.05, 0) is 49.9 Å². The standard InChI is InChI=1S/C19H26N2O2S/c1-11-8-12(2)14(4)18(13(11)3)24-10-16(22)20-17-9-15(21-23-17)19(5,6)7/h8-9H,10H2,1-7H3,(H,20,22). The third-order valence-corrected chi connectivity index (χ3v) is 5.49. The van der Waals surface area contributed by atoms with Gasteiger partial charge in [-0.2, -0.15) is 0 Å². The molecule has 0 atom stereocenters.